The summed E-state index contributed by atoms with van der Waals surface area (Å²) in [5.74, 6) is 0. The summed E-state index contributed by atoms with van der Waals surface area (Å²) in [7, 11) is 0. The lowest BCUT2D eigenvalue weighted by Crippen LogP contribution is -2.50. The quantitative estimate of drug-likeness (QED) is 0.749. The number of hydrogen-bond acceptors (Lipinski definition) is 3. The molecule has 0 aromatic heterocycles. The molecule has 1 aromatic carbocycles. The molecular weight excluding hydrogens is 210 g/mol. The molecule has 17 heavy (non-hydrogen) atoms. The zero-order chi connectivity index (χ0) is 11.8. The highest BCUT2D eigenvalue weighted by atomic mass is 15.3. The Kier molecular flexibility index (Phi) is 2.71. The molecule has 1 aromatic rings. The first-order chi connectivity index (χ1) is 8.25. The smallest absolute Gasteiger partial charge is 0.0630 e. The second-order valence-electron chi connectivity index (χ2n) is 5.29. The van der Waals surface area contributed by atoms with Crippen molar-refractivity contribution in [2.45, 2.75) is 25.8 Å². The van der Waals surface area contributed by atoms with Gasteiger partial charge in [0.05, 0.1) is 11.4 Å². The number of nitrogens with zero attached hydrogens (tertiary/aromatic N) is 2. The molecule has 2 saturated heterocycles. The van der Waals surface area contributed by atoms with Gasteiger partial charge in [-0.3, -0.25) is 4.90 Å². The summed E-state index contributed by atoms with van der Waals surface area (Å²) in [5, 5.41) is 0. The summed E-state index contributed by atoms with van der Waals surface area (Å²) >= 11 is 0. The molecule has 0 aliphatic carbocycles. The molecule has 1 atom stereocenters. The summed E-state index contributed by atoms with van der Waals surface area (Å²) < 4.78 is 0. The third-order valence-electron chi connectivity index (χ3n) is 4.17. The van der Waals surface area contributed by atoms with Gasteiger partial charge in [-0.25, -0.2) is 0 Å². The van der Waals surface area contributed by atoms with E-state index in [0.29, 0.717) is 0 Å². The van der Waals surface area contributed by atoms with E-state index < -0.39 is 0 Å². The number of para-hydroxylation sites is 1. The van der Waals surface area contributed by atoms with Crippen molar-refractivity contribution < 1.29 is 0 Å². The second kappa shape index (κ2) is 4.22. The highest BCUT2D eigenvalue weighted by Gasteiger charge is 2.31. The number of hydrogen-bond donors (Lipinski definition) is 1. The highest BCUT2D eigenvalue weighted by Crippen LogP contribution is 2.31. The molecule has 3 rings (SSSR count). The summed E-state index contributed by atoms with van der Waals surface area (Å²) in [5.41, 5.74) is 9.63. The number of fused-ring (bicyclic) bond motifs is 1. The van der Waals surface area contributed by atoms with Crippen LogP contribution in [0.25, 0.3) is 0 Å². The van der Waals surface area contributed by atoms with Crippen LogP contribution in [0.1, 0.15) is 18.4 Å². The van der Waals surface area contributed by atoms with E-state index in [9.17, 15) is 0 Å². The van der Waals surface area contributed by atoms with Gasteiger partial charge in [0.25, 0.3) is 0 Å². The monoisotopic (exact) mass is 231 g/mol. The van der Waals surface area contributed by atoms with E-state index in [1.807, 2.05) is 12.1 Å². The minimum Gasteiger partial charge on any atom is -0.397 e. The first-order valence-corrected chi connectivity index (χ1v) is 6.60. The van der Waals surface area contributed by atoms with Gasteiger partial charge in [0.1, 0.15) is 0 Å². The van der Waals surface area contributed by atoms with E-state index in [0.717, 1.165) is 24.8 Å². The van der Waals surface area contributed by atoms with Gasteiger partial charge in [-0.2, -0.15) is 0 Å². The fraction of sp³-hybridized carbons (Fsp3) is 0.571. The molecule has 0 amide bonds. The minimum absolute atomic E-state index is 0.753. The number of piperazine rings is 1. The largest absolute Gasteiger partial charge is 0.397 e. The number of benzene rings is 1. The Bertz CT molecular complexity index is 396. The topological polar surface area (TPSA) is 32.5 Å². The molecule has 2 fully saturated rings. The van der Waals surface area contributed by atoms with E-state index >= 15 is 0 Å². The number of aryl methyl sites for hydroxylation is 1. The Hall–Kier alpha value is -1.22. The number of rotatable bonds is 1. The maximum atomic E-state index is 6.13. The molecule has 92 valence electrons. The molecule has 2 heterocycles. The van der Waals surface area contributed by atoms with Gasteiger partial charge in [-0.15, -0.1) is 0 Å². The van der Waals surface area contributed by atoms with Crippen molar-refractivity contribution >= 4 is 11.4 Å². The summed E-state index contributed by atoms with van der Waals surface area (Å²) in [6.45, 7) is 6.91. The van der Waals surface area contributed by atoms with Crippen LogP contribution in [0.2, 0.25) is 0 Å². The van der Waals surface area contributed by atoms with Crippen LogP contribution in [0, 0.1) is 6.92 Å². The van der Waals surface area contributed by atoms with Crippen LogP contribution in [0.4, 0.5) is 11.4 Å². The summed E-state index contributed by atoms with van der Waals surface area (Å²) in [6, 6.07) is 6.97. The first kappa shape index (κ1) is 10.9. The van der Waals surface area contributed by atoms with Crippen molar-refractivity contribution in [3.05, 3.63) is 23.8 Å². The Morgan fingerprint density at radius 1 is 1.24 bits per heavy atom. The van der Waals surface area contributed by atoms with Crippen LogP contribution < -0.4 is 10.6 Å². The van der Waals surface area contributed by atoms with Gasteiger partial charge in [0.2, 0.25) is 0 Å². The zero-order valence-electron chi connectivity index (χ0n) is 10.5. The average molecular weight is 231 g/mol. The molecule has 1 unspecified atom stereocenters. The predicted molar refractivity (Wildman–Crippen MR) is 72.4 cm³/mol. The van der Waals surface area contributed by atoms with Crippen LogP contribution in [0.3, 0.4) is 0 Å². The van der Waals surface area contributed by atoms with E-state index in [4.69, 9.17) is 5.73 Å². The fourth-order valence-corrected chi connectivity index (χ4v) is 3.31. The molecule has 2 aliphatic rings. The van der Waals surface area contributed by atoms with Crippen LogP contribution >= 0.6 is 0 Å². The molecule has 2 aliphatic heterocycles. The molecule has 3 nitrogen and oxygen atoms in total. The number of nitrogens with two attached hydrogens (primary N) is 1. The van der Waals surface area contributed by atoms with Crippen molar-refractivity contribution in [3.63, 3.8) is 0 Å². The lowest BCUT2D eigenvalue weighted by molar-refractivity contribution is 0.231. The van der Waals surface area contributed by atoms with Gasteiger partial charge in [0.15, 0.2) is 0 Å². The maximum absolute atomic E-state index is 6.13. The van der Waals surface area contributed by atoms with Crippen LogP contribution in [0.15, 0.2) is 18.2 Å². The lowest BCUT2D eigenvalue weighted by Gasteiger charge is -2.39. The van der Waals surface area contributed by atoms with Gasteiger partial charge < -0.3 is 10.6 Å². The molecule has 0 bridgehead atoms. The standard InChI is InChI=1S/C14H21N3/c1-11-4-2-6-13(15)14(11)17-9-8-16-7-3-5-12(16)10-17/h2,4,6,12H,3,5,7-10,15H2,1H3. The fourth-order valence-electron chi connectivity index (χ4n) is 3.31. The van der Waals surface area contributed by atoms with E-state index in [2.05, 4.69) is 22.8 Å². The third kappa shape index (κ3) is 1.89. The third-order valence-corrected chi connectivity index (χ3v) is 4.17. The first-order valence-electron chi connectivity index (χ1n) is 6.60. The molecule has 0 spiro atoms. The maximum Gasteiger partial charge on any atom is 0.0630 e. The molecular formula is C14H21N3. The van der Waals surface area contributed by atoms with Crippen molar-refractivity contribution in [1.82, 2.24) is 4.90 Å². The Labute approximate surface area is 103 Å². The number of anilines is 2. The number of nitrogen functional groups attached to an aromatic ring is 1. The molecule has 0 saturated carbocycles. The highest BCUT2D eigenvalue weighted by molar-refractivity contribution is 5.71. The second-order valence-corrected chi connectivity index (χ2v) is 5.29. The predicted octanol–water partition coefficient (Wildman–Crippen LogP) is 1.86. The van der Waals surface area contributed by atoms with Gasteiger partial charge >= 0.3 is 0 Å². The summed E-state index contributed by atoms with van der Waals surface area (Å²) in [6.07, 6.45) is 2.71. The van der Waals surface area contributed by atoms with Crippen LogP contribution in [0.5, 0.6) is 0 Å². The summed E-state index contributed by atoms with van der Waals surface area (Å²) in [4.78, 5) is 5.11. The Morgan fingerprint density at radius 2 is 2.12 bits per heavy atom. The van der Waals surface area contributed by atoms with Gasteiger partial charge in [-0.1, -0.05) is 12.1 Å². The van der Waals surface area contributed by atoms with Gasteiger partial charge in [0, 0.05) is 25.7 Å². The van der Waals surface area contributed by atoms with Crippen LogP contribution in [-0.2, 0) is 0 Å². The SMILES string of the molecule is Cc1cccc(N)c1N1CCN2CCCC2C1. The van der Waals surface area contributed by atoms with E-state index in [1.165, 1.54) is 37.2 Å². The minimum atomic E-state index is 0.753. The molecule has 3 heteroatoms. The van der Waals surface area contributed by atoms with Gasteiger partial charge in [-0.05, 0) is 37.9 Å². The molecule has 2 N–H and O–H groups in total. The lowest BCUT2D eigenvalue weighted by atomic mass is 10.1. The van der Waals surface area contributed by atoms with E-state index in [-0.39, 0.29) is 0 Å². The normalized spacial score (nSPS) is 25.0. The van der Waals surface area contributed by atoms with Crippen LogP contribution in [-0.4, -0.2) is 37.1 Å². The average Bonchev–Trinajstić information content (AvgIpc) is 2.76. The van der Waals surface area contributed by atoms with Crippen molar-refractivity contribution in [3.8, 4) is 0 Å². The van der Waals surface area contributed by atoms with Crippen molar-refractivity contribution in [2.24, 2.45) is 0 Å². The van der Waals surface area contributed by atoms with E-state index in [1.54, 1.807) is 0 Å². The van der Waals surface area contributed by atoms with Crippen molar-refractivity contribution in [1.29, 1.82) is 0 Å². The Morgan fingerprint density at radius 3 is 2.94 bits per heavy atom. The van der Waals surface area contributed by atoms with Crippen molar-refractivity contribution in [2.75, 3.05) is 36.8 Å². The zero-order valence-corrected chi connectivity index (χ0v) is 10.5. The molecule has 0 radical (unpaired) electrons. The Balaban J connectivity index is 1.85.